The Morgan fingerprint density at radius 1 is 1.03 bits per heavy atom. The lowest BCUT2D eigenvalue weighted by Crippen LogP contribution is -2.01. The van der Waals surface area contributed by atoms with Crippen LogP contribution in [0.5, 0.6) is 0 Å². The molecule has 0 saturated heterocycles. The number of carbonyl (C=O) groups excluding carboxylic acids is 1. The van der Waals surface area contributed by atoms with Crippen LogP contribution in [0.25, 0.3) is 5.76 Å². The van der Waals surface area contributed by atoms with Gasteiger partial charge in [0.2, 0.25) is 5.82 Å². The number of benzene rings is 2. The van der Waals surface area contributed by atoms with Crippen LogP contribution in [0.4, 0.5) is 4.39 Å². The van der Waals surface area contributed by atoms with Crippen LogP contribution in [0, 0.1) is 5.82 Å². The first kappa shape index (κ1) is 20.3. The summed E-state index contributed by atoms with van der Waals surface area (Å²) in [7, 11) is 0. The number of nitrogens with zero attached hydrogens (tertiary/aromatic N) is 3. The van der Waals surface area contributed by atoms with Gasteiger partial charge in [-0.15, -0.1) is 0 Å². The highest BCUT2D eigenvalue weighted by Crippen LogP contribution is 2.19. The predicted molar refractivity (Wildman–Crippen MR) is 115 cm³/mol. The summed E-state index contributed by atoms with van der Waals surface area (Å²) in [5, 5.41) is 16.4. The number of ketones is 1. The van der Waals surface area contributed by atoms with E-state index in [9.17, 15) is 14.3 Å². The van der Waals surface area contributed by atoms with Crippen LogP contribution in [0.2, 0.25) is 0 Å². The molecule has 2 aromatic heterocycles. The molecule has 31 heavy (non-hydrogen) atoms. The van der Waals surface area contributed by atoms with Crippen molar-refractivity contribution in [2.24, 2.45) is 0 Å². The fraction of sp³-hybridized carbons (Fsp3) is 0.125. The van der Waals surface area contributed by atoms with Gasteiger partial charge < -0.3 is 9.67 Å². The number of H-pyrrole nitrogens is 1. The lowest BCUT2D eigenvalue weighted by Gasteiger charge is -2.04. The Hall–Kier alpha value is -4.00. The average molecular weight is 416 g/mol. The molecule has 0 spiro atoms. The normalized spacial score (nSPS) is 11.6. The smallest absolute Gasteiger partial charge is 0.215 e. The molecule has 2 N–H and O–H groups in total. The van der Waals surface area contributed by atoms with Crippen molar-refractivity contribution in [1.29, 1.82) is 0 Å². The van der Waals surface area contributed by atoms with Gasteiger partial charge in [-0.25, -0.2) is 9.37 Å². The van der Waals surface area contributed by atoms with Crippen molar-refractivity contribution in [2.75, 3.05) is 0 Å². The Morgan fingerprint density at radius 2 is 1.81 bits per heavy atom. The minimum Gasteiger partial charge on any atom is -0.504 e. The topological polar surface area (TPSA) is 83.8 Å². The number of carbonyl (C=O) groups is 1. The third kappa shape index (κ3) is 4.95. The summed E-state index contributed by atoms with van der Waals surface area (Å²) in [5.74, 6) is -0.929. The lowest BCUT2D eigenvalue weighted by atomic mass is 10.0. The number of halogens is 1. The summed E-state index contributed by atoms with van der Waals surface area (Å²) < 4.78 is 15.9. The van der Waals surface area contributed by atoms with Gasteiger partial charge in [-0.1, -0.05) is 48.5 Å². The molecule has 2 aromatic carbocycles. The fourth-order valence-corrected chi connectivity index (χ4v) is 3.41. The van der Waals surface area contributed by atoms with E-state index in [1.165, 1.54) is 12.4 Å². The lowest BCUT2D eigenvalue weighted by molar-refractivity contribution is 0.104. The van der Waals surface area contributed by atoms with E-state index in [4.69, 9.17) is 0 Å². The van der Waals surface area contributed by atoms with Crippen LogP contribution in [-0.4, -0.2) is 30.6 Å². The molecule has 0 bridgehead atoms. The van der Waals surface area contributed by atoms with Gasteiger partial charge in [-0.3, -0.25) is 9.89 Å². The first-order chi connectivity index (χ1) is 15.1. The van der Waals surface area contributed by atoms with E-state index in [1.54, 1.807) is 29.0 Å². The van der Waals surface area contributed by atoms with Crippen LogP contribution in [0.3, 0.4) is 0 Å². The molecular weight excluding hydrogens is 395 g/mol. The highest BCUT2D eigenvalue weighted by atomic mass is 19.1. The first-order valence-corrected chi connectivity index (χ1v) is 9.87. The number of hydrogen-bond donors (Lipinski definition) is 2. The van der Waals surface area contributed by atoms with Gasteiger partial charge in [0.05, 0.1) is 0 Å². The van der Waals surface area contributed by atoms with Crippen LogP contribution in [-0.2, 0) is 19.4 Å². The highest BCUT2D eigenvalue weighted by Gasteiger charge is 2.16. The van der Waals surface area contributed by atoms with E-state index in [2.05, 4.69) is 15.2 Å². The quantitative estimate of drug-likeness (QED) is 0.254. The Labute approximate surface area is 178 Å². The predicted octanol–water partition coefficient (Wildman–Crippen LogP) is 4.36. The number of aliphatic hydroxyl groups is 1. The van der Waals surface area contributed by atoms with E-state index in [0.717, 1.165) is 23.6 Å². The second kappa shape index (κ2) is 9.21. The SMILES string of the molecule is O=C(C=C(O)c1nc[nH]n1)c1cn(Cc2ccccc2F)cc1CCc1ccccc1. The molecule has 0 unspecified atom stereocenters. The maximum absolute atomic E-state index is 14.1. The summed E-state index contributed by atoms with van der Waals surface area (Å²) in [6.45, 7) is 0.301. The molecule has 6 nitrogen and oxygen atoms in total. The number of rotatable bonds is 8. The van der Waals surface area contributed by atoms with Crippen LogP contribution in [0.1, 0.15) is 32.9 Å². The van der Waals surface area contributed by atoms with Crippen molar-refractivity contribution in [3.63, 3.8) is 0 Å². The van der Waals surface area contributed by atoms with Gasteiger partial charge in [0.15, 0.2) is 11.5 Å². The van der Waals surface area contributed by atoms with Crippen LogP contribution in [0.15, 0.2) is 79.4 Å². The minimum absolute atomic E-state index is 0.0463. The Morgan fingerprint density at radius 3 is 2.55 bits per heavy atom. The molecular formula is C24H21FN4O2. The van der Waals surface area contributed by atoms with Crippen LogP contribution >= 0.6 is 0 Å². The number of nitrogens with one attached hydrogen (secondary N) is 1. The minimum atomic E-state index is -0.363. The third-order valence-corrected chi connectivity index (χ3v) is 4.98. The number of aliphatic hydroxyl groups excluding tert-OH is 1. The van der Waals surface area contributed by atoms with Crippen molar-refractivity contribution in [2.45, 2.75) is 19.4 Å². The summed E-state index contributed by atoms with van der Waals surface area (Å²) in [5.41, 5.74) is 2.96. The number of allylic oxidation sites excluding steroid dienone is 1. The van der Waals surface area contributed by atoms with E-state index >= 15 is 0 Å². The van der Waals surface area contributed by atoms with Crippen LogP contribution < -0.4 is 0 Å². The molecule has 0 amide bonds. The zero-order chi connectivity index (χ0) is 21.6. The van der Waals surface area contributed by atoms with E-state index < -0.39 is 0 Å². The van der Waals surface area contributed by atoms with Gasteiger partial charge in [0.25, 0.3) is 0 Å². The molecule has 4 aromatic rings. The number of hydrogen-bond acceptors (Lipinski definition) is 4. The summed E-state index contributed by atoms with van der Waals surface area (Å²) in [6, 6.07) is 16.5. The molecule has 4 rings (SSSR count). The highest BCUT2D eigenvalue weighted by molar-refractivity contribution is 6.08. The Bertz CT molecular complexity index is 1200. The first-order valence-electron chi connectivity index (χ1n) is 9.87. The second-order valence-electron chi connectivity index (χ2n) is 7.16. The zero-order valence-corrected chi connectivity index (χ0v) is 16.7. The molecule has 156 valence electrons. The Kier molecular flexibility index (Phi) is 6.03. The maximum Gasteiger partial charge on any atom is 0.215 e. The fourth-order valence-electron chi connectivity index (χ4n) is 3.41. The third-order valence-electron chi connectivity index (χ3n) is 4.98. The maximum atomic E-state index is 14.1. The second-order valence-corrected chi connectivity index (χ2v) is 7.16. The van der Waals surface area contributed by atoms with Crippen molar-refractivity contribution in [1.82, 2.24) is 19.7 Å². The molecule has 2 heterocycles. The van der Waals surface area contributed by atoms with Gasteiger partial charge >= 0.3 is 0 Å². The van der Waals surface area contributed by atoms with Gasteiger partial charge in [-0.05, 0) is 30.0 Å². The molecule has 0 aliphatic heterocycles. The van der Waals surface area contributed by atoms with E-state index in [-0.39, 0.29) is 23.2 Å². The average Bonchev–Trinajstić information content (AvgIpc) is 3.45. The molecule has 0 aliphatic carbocycles. The number of aryl methyl sites for hydroxylation is 2. The molecule has 0 fully saturated rings. The van der Waals surface area contributed by atoms with Gasteiger partial charge in [0, 0.05) is 36.1 Å². The molecule has 0 aliphatic rings. The summed E-state index contributed by atoms with van der Waals surface area (Å²) in [4.78, 5) is 16.8. The van der Waals surface area contributed by atoms with Crippen molar-refractivity contribution >= 4 is 11.5 Å². The monoisotopic (exact) mass is 416 g/mol. The number of aromatic nitrogens is 4. The summed E-state index contributed by atoms with van der Waals surface area (Å²) in [6.07, 6.45) is 7.36. The Balaban J connectivity index is 1.62. The number of aromatic amines is 1. The summed E-state index contributed by atoms with van der Waals surface area (Å²) >= 11 is 0. The molecule has 0 atom stereocenters. The largest absolute Gasteiger partial charge is 0.504 e. The van der Waals surface area contributed by atoms with Crippen molar-refractivity contribution in [3.05, 3.63) is 113 Å². The van der Waals surface area contributed by atoms with Crippen molar-refractivity contribution < 1.29 is 14.3 Å². The van der Waals surface area contributed by atoms with Gasteiger partial charge in [0.1, 0.15) is 12.1 Å². The van der Waals surface area contributed by atoms with E-state index in [0.29, 0.717) is 24.1 Å². The van der Waals surface area contributed by atoms with Crippen molar-refractivity contribution in [3.8, 4) is 0 Å². The van der Waals surface area contributed by atoms with E-state index in [1.807, 2.05) is 36.5 Å². The standard InChI is InChI=1S/C24H21FN4O2/c25-21-9-5-4-8-19(21)14-29-13-18(11-10-17-6-2-1-3-7-17)20(15-29)22(30)12-23(31)24-26-16-27-28-24/h1-9,12-13,15-16,31H,10-11,14H2,(H,26,27,28). The van der Waals surface area contributed by atoms with Gasteiger partial charge in [-0.2, -0.15) is 5.10 Å². The molecule has 0 saturated carbocycles. The molecule has 0 radical (unpaired) electrons. The zero-order valence-electron chi connectivity index (χ0n) is 16.7. The molecule has 7 heteroatoms.